The molecule has 0 aliphatic heterocycles. The molecule has 1 N–H and O–H groups in total. The fourth-order valence-electron chi connectivity index (χ4n) is 2.24. The summed E-state index contributed by atoms with van der Waals surface area (Å²) in [5, 5.41) is 4.90. The van der Waals surface area contributed by atoms with Crippen molar-refractivity contribution < 1.29 is 4.21 Å². The Kier molecular flexibility index (Phi) is 5.26. The SMILES string of the molecule is Cc1cc(CNCCC(C)S(C)=O)c2ccccc2n1. The lowest BCUT2D eigenvalue weighted by Crippen LogP contribution is -2.21. The Balaban J connectivity index is 2.01. The fraction of sp³-hybridized carbons (Fsp3) is 0.438. The van der Waals surface area contributed by atoms with Gasteiger partial charge in [-0.1, -0.05) is 25.1 Å². The van der Waals surface area contributed by atoms with E-state index in [4.69, 9.17) is 0 Å². The van der Waals surface area contributed by atoms with Crippen LogP contribution in [0.15, 0.2) is 30.3 Å². The summed E-state index contributed by atoms with van der Waals surface area (Å²) < 4.78 is 11.3. The predicted molar refractivity (Wildman–Crippen MR) is 86.3 cm³/mol. The van der Waals surface area contributed by atoms with Crippen molar-refractivity contribution >= 4 is 21.7 Å². The largest absolute Gasteiger partial charge is 0.313 e. The fourth-order valence-corrected chi connectivity index (χ4v) is 2.69. The van der Waals surface area contributed by atoms with Crippen molar-refractivity contribution in [1.29, 1.82) is 0 Å². The summed E-state index contributed by atoms with van der Waals surface area (Å²) in [6.45, 7) is 5.77. The van der Waals surface area contributed by atoms with Gasteiger partial charge in [0, 0.05) is 39.9 Å². The van der Waals surface area contributed by atoms with E-state index in [0.717, 1.165) is 30.7 Å². The van der Waals surface area contributed by atoms with E-state index in [1.165, 1.54) is 10.9 Å². The van der Waals surface area contributed by atoms with Crippen LogP contribution in [0.25, 0.3) is 10.9 Å². The first kappa shape index (κ1) is 15.1. The van der Waals surface area contributed by atoms with Crippen LogP contribution in [0.5, 0.6) is 0 Å². The number of hydrogen-bond acceptors (Lipinski definition) is 3. The van der Waals surface area contributed by atoms with Crippen LogP contribution in [0, 0.1) is 6.92 Å². The van der Waals surface area contributed by atoms with Gasteiger partial charge >= 0.3 is 0 Å². The lowest BCUT2D eigenvalue weighted by Gasteiger charge is -2.11. The molecule has 0 amide bonds. The summed E-state index contributed by atoms with van der Waals surface area (Å²) in [7, 11) is -0.734. The van der Waals surface area contributed by atoms with Crippen LogP contribution in [0.2, 0.25) is 0 Å². The number of benzene rings is 1. The molecular weight excluding hydrogens is 268 g/mol. The average Bonchev–Trinajstić information content (AvgIpc) is 2.42. The molecule has 2 unspecified atom stereocenters. The predicted octanol–water partition coefficient (Wildman–Crippen LogP) is 2.79. The zero-order valence-electron chi connectivity index (χ0n) is 12.3. The van der Waals surface area contributed by atoms with Gasteiger partial charge in [0.25, 0.3) is 0 Å². The number of hydrogen-bond donors (Lipinski definition) is 1. The molecule has 2 aromatic rings. The molecule has 1 aromatic heterocycles. The average molecular weight is 290 g/mol. The summed E-state index contributed by atoms with van der Waals surface area (Å²) in [6, 6.07) is 10.4. The van der Waals surface area contributed by atoms with Gasteiger partial charge in [0.2, 0.25) is 0 Å². The summed E-state index contributed by atoms with van der Waals surface area (Å²) in [5.74, 6) is 0. The Hall–Kier alpha value is -1.26. The first-order valence-electron chi connectivity index (χ1n) is 6.96. The van der Waals surface area contributed by atoms with Crippen molar-refractivity contribution in [2.24, 2.45) is 0 Å². The highest BCUT2D eigenvalue weighted by atomic mass is 32.2. The Morgan fingerprint density at radius 1 is 1.35 bits per heavy atom. The van der Waals surface area contributed by atoms with Gasteiger partial charge in [-0.05, 0) is 37.6 Å². The highest BCUT2D eigenvalue weighted by Gasteiger charge is 2.06. The first-order valence-corrected chi connectivity index (χ1v) is 8.58. The van der Waals surface area contributed by atoms with Gasteiger partial charge in [0.1, 0.15) is 0 Å². The monoisotopic (exact) mass is 290 g/mol. The molecule has 4 heteroatoms. The van der Waals surface area contributed by atoms with Gasteiger partial charge in [-0.15, -0.1) is 0 Å². The van der Waals surface area contributed by atoms with Gasteiger partial charge in [-0.25, -0.2) is 0 Å². The molecule has 0 fully saturated rings. The topological polar surface area (TPSA) is 42.0 Å². The summed E-state index contributed by atoms with van der Waals surface area (Å²) >= 11 is 0. The van der Waals surface area contributed by atoms with E-state index in [2.05, 4.69) is 22.4 Å². The maximum absolute atomic E-state index is 11.3. The van der Waals surface area contributed by atoms with Gasteiger partial charge in [-0.2, -0.15) is 0 Å². The van der Waals surface area contributed by atoms with Crippen molar-refractivity contribution in [2.45, 2.75) is 32.1 Å². The summed E-state index contributed by atoms with van der Waals surface area (Å²) in [6.07, 6.45) is 2.70. The first-order chi connectivity index (χ1) is 9.58. The van der Waals surface area contributed by atoms with Gasteiger partial charge < -0.3 is 5.32 Å². The van der Waals surface area contributed by atoms with Crippen LogP contribution < -0.4 is 5.32 Å². The van der Waals surface area contributed by atoms with Crippen molar-refractivity contribution in [1.82, 2.24) is 10.3 Å². The molecule has 108 valence electrons. The van der Waals surface area contributed by atoms with Gasteiger partial charge in [0.05, 0.1) is 5.52 Å². The van der Waals surface area contributed by atoms with Crippen LogP contribution in [-0.2, 0) is 17.3 Å². The van der Waals surface area contributed by atoms with E-state index in [0.29, 0.717) is 0 Å². The zero-order valence-corrected chi connectivity index (χ0v) is 13.2. The second-order valence-corrected chi connectivity index (χ2v) is 7.02. The van der Waals surface area contributed by atoms with Crippen molar-refractivity contribution in [3.05, 3.63) is 41.6 Å². The van der Waals surface area contributed by atoms with Gasteiger partial charge in [0.15, 0.2) is 0 Å². The molecule has 0 bridgehead atoms. The summed E-state index contributed by atoms with van der Waals surface area (Å²) in [4.78, 5) is 4.55. The quantitative estimate of drug-likeness (QED) is 0.832. The number of nitrogens with zero attached hydrogens (tertiary/aromatic N) is 1. The van der Waals surface area contributed by atoms with E-state index < -0.39 is 10.8 Å². The van der Waals surface area contributed by atoms with Crippen LogP contribution >= 0.6 is 0 Å². The molecule has 0 aliphatic rings. The minimum atomic E-state index is -0.734. The van der Waals surface area contributed by atoms with Crippen molar-refractivity contribution in [3.8, 4) is 0 Å². The second-order valence-electron chi connectivity index (χ2n) is 5.21. The minimum Gasteiger partial charge on any atom is -0.313 e. The lowest BCUT2D eigenvalue weighted by molar-refractivity contribution is 0.630. The number of aromatic nitrogens is 1. The van der Waals surface area contributed by atoms with Crippen LogP contribution in [0.1, 0.15) is 24.6 Å². The molecule has 0 aliphatic carbocycles. The number of fused-ring (bicyclic) bond motifs is 1. The van der Waals surface area contributed by atoms with E-state index in [1.54, 1.807) is 6.26 Å². The second kappa shape index (κ2) is 6.95. The van der Waals surface area contributed by atoms with Crippen molar-refractivity contribution in [3.63, 3.8) is 0 Å². The Morgan fingerprint density at radius 3 is 2.85 bits per heavy atom. The maximum Gasteiger partial charge on any atom is 0.0708 e. The Labute approximate surface area is 123 Å². The third-order valence-corrected chi connectivity index (χ3v) is 4.91. The molecule has 0 saturated carbocycles. The maximum atomic E-state index is 11.3. The van der Waals surface area contributed by atoms with E-state index in [-0.39, 0.29) is 5.25 Å². The smallest absolute Gasteiger partial charge is 0.0708 e. The Bertz CT molecular complexity index is 612. The molecule has 20 heavy (non-hydrogen) atoms. The number of pyridine rings is 1. The zero-order chi connectivity index (χ0) is 14.5. The highest BCUT2D eigenvalue weighted by molar-refractivity contribution is 7.84. The van der Waals surface area contributed by atoms with E-state index in [9.17, 15) is 4.21 Å². The molecular formula is C16H22N2OS. The normalized spacial score (nSPS) is 14.3. The third-order valence-electron chi connectivity index (χ3n) is 3.54. The molecule has 1 aromatic carbocycles. The number of aryl methyl sites for hydroxylation is 1. The molecule has 0 radical (unpaired) electrons. The van der Waals surface area contributed by atoms with Crippen LogP contribution in [0.3, 0.4) is 0 Å². The van der Waals surface area contributed by atoms with E-state index >= 15 is 0 Å². The van der Waals surface area contributed by atoms with Crippen LogP contribution in [-0.4, -0.2) is 27.2 Å². The molecule has 2 rings (SSSR count). The molecule has 0 spiro atoms. The summed E-state index contributed by atoms with van der Waals surface area (Å²) in [5.41, 5.74) is 3.37. The molecule has 0 saturated heterocycles. The molecule has 3 nitrogen and oxygen atoms in total. The number of para-hydroxylation sites is 1. The standard InChI is InChI=1S/C16H22N2OS/c1-12-10-14(11-17-9-8-13(2)20(3)19)15-6-4-5-7-16(15)18-12/h4-7,10,13,17H,8-9,11H2,1-3H3. The van der Waals surface area contributed by atoms with Gasteiger partial charge in [-0.3, -0.25) is 9.19 Å². The minimum absolute atomic E-state index is 0.249. The lowest BCUT2D eigenvalue weighted by atomic mass is 10.1. The Morgan fingerprint density at radius 2 is 2.10 bits per heavy atom. The number of nitrogens with one attached hydrogen (secondary N) is 1. The van der Waals surface area contributed by atoms with Crippen molar-refractivity contribution in [2.75, 3.05) is 12.8 Å². The number of rotatable bonds is 6. The molecule has 1 heterocycles. The third kappa shape index (κ3) is 3.87. The highest BCUT2D eigenvalue weighted by Crippen LogP contribution is 2.17. The van der Waals surface area contributed by atoms with Crippen LogP contribution in [0.4, 0.5) is 0 Å². The molecule has 2 atom stereocenters. The van der Waals surface area contributed by atoms with E-state index in [1.807, 2.05) is 32.0 Å².